The zero-order chi connectivity index (χ0) is 34.5. The highest BCUT2D eigenvalue weighted by molar-refractivity contribution is 7.15. The Labute approximate surface area is 279 Å². The van der Waals surface area contributed by atoms with Crippen molar-refractivity contribution in [1.29, 1.82) is 0 Å². The number of rotatable bonds is 15. The molecule has 0 radical (unpaired) electrons. The van der Waals surface area contributed by atoms with E-state index >= 15 is 0 Å². The molecule has 9 nitrogen and oxygen atoms in total. The van der Waals surface area contributed by atoms with Crippen molar-refractivity contribution in [2.45, 2.75) is 97.4 Å². The molecule has 0 fully saturated rings. The first-order chi connectivity index (χ1) is 21.4. The van der Waals surface area contributed by atoms with E-state index in [9.17, 15) is 14.0 Å². The highest BCUT2D eigenvalue weighted by Gasteiger charge is 2.36. The molecule has 1 amide bonds. The molecule has 0 saturated heterocycles. The first-order valence-electron chi connectivity index (χ1n) is 15.7. The van der Waals surface area contributed by atoms with Gasteiger partial charge in [0.05, 0.1) is 20.3 Å². The van der Waals surface area contributed by atoms with Crippen molar-refractivity contribution in [2.24, 2.45) is 0 Å². The van der Waals surface area contributed by atoms with Crippen molar-refractivity contribution >= 4 is 36.8 Å². The number of methoxy groups -OCH3 is 1. The van der Waals surface area contributed by atoms with E-state index in [1.54, 1.807) is 33.9 Å². The van der Waals surface area contributed by atoms with Crippen molar-refractivity contribution in [3.05, 3.63) is 40.2 Å². The second kappa shape index (κ2) is 17.7. The number of anilines is 1. The van der Waals surface area contributed by atoms with Gasteiger partial charge in [-0.25, -0.2) is 19.0 Å². The van der Waals surface area contributed by atoms with Gasteiger partial charge in [-0.05, 0) is 89.2 Å². The highest BCUT2D eigenvalue weighted by atomic mass is 32.1. The SMILES string of the molecule is COC(=O)c1nc(NCCCCCO[Si](C)(C)C(C)(C)C)sc1CCCOc1ccc(C#CCN(C)C(=O)OC(C)(C)C)cc1F. The third kappa shape index (κ3) is 13.3. The molecule has 0 saturated carbocycles. The number of amides is 1. The number of aromatic nitrogens is 1. The van der Waals surface area contributed by atoms with Gasteiger partial charge < -0.3 is 28.9 Å². The van der Waals surface area contributed by atoms with Gasteiger partial charge in [0, 0.05) is 30.6 Å². The average molecular weight is 678 g/mol. The van der Waals surface area contributed by atoms with E-state index < -0.39 is 31.8 Å². The second-order valence-corrected chi connectivity index (χ2v) is 19.5. The van der Waals surface area contributed by atoms with Gasteiger partial charge in [-0.15, -0.1) is 11.3 Å². The van der Waals surface area contributed by atoms with Gasteiger partial charge in [0.15, 0.2) is 30.7 Å². The van der Waals surface area contributed by atoms with Crippen LogP contribution in [-0.2, 0) is 20.3 Å². The Morgan fingerprint density at radius 2 is 1.78 bits per heavy atom. The highest BCUT2D eigenvalue weighted by Crippen LogP contribution is 2.36. The van der Waals surface area contributed by atoms with E-state index in [0.29, 0.717) is 29.2 Å². The number of unbranched alkanes of at least 4 members (excludes halogenated alkanes) is 2. The molecule has 0 atom stereocenters. The normalized spacial score (nSPS) is 11.8. The largest absolute Gasteiger partial charge is 0.491 e. The summed E-state index contributed by atoms with van der Waals surface area (Å²) in [6, 6.07) is 4.50. The summed E-state index contributed by atoms with van der Waals surface area (Å²) in [5.74, 6) is 4.82. The number of hydrogen-bond acceptors (Lipinski definition) is 9. The molecular weight excluding hydrogens is 626 g/mol. The van der Waals surface area contributed by atoms with E-state index in [-0.39, 0.29) is 23.9 Å². The Balaban J connectivity index is 1.81. The van der Waals surface area contributed by atoms with Crippen LogP contribution in [0.15, 0.2) is 18.2 Å². The first-order valence-corrected chi connectivity index (χ1v) is 19.5. The van der Waals surface area contributed by atoms with Crippen molar-refractivity contribution < 1.29 is 32.6 Å². The van der Waals surface area contributed by atoms with Crippen molar-refractivity contribution in [1.82, 2.24) is 9.88 Å². The summed E-state index contributed by atoms with van der Waals surface area (Å²) in [5.41, 5.74) is 0.168. The van der Waals surface area contributed by atoms with Crippen LogP contribution in [0.5, 0.6) is 5.75 Å². The zero-order valence-electron chi connectivity index (χ0n) is 29.2. The molecule has 46 heavy (non-hydrogen) atoms. The van der Waals surface area contributed by atoms with Gasteiger partial charge in [-0.3, -0.25) is 0 Å². The fraction of sp³-hybridized carbons (Fsp3) is 0.618. The fourth-order valence-electron chi connectivity index (χ4n) is 3.77. The van der Waals surface area contributed by atoms with Crippen LogP contribution in [0.25, 0.3) is 0 Å². The molecule has 1 aromatic heterocycles. The number of benzene rings is 1. The van der Waals surface area contributed by atoms with Gasteiger partial charge in [0.2, 0.25) is 0 Å². The van der Waals surface area contributed by atoms with Crippen molar-refractivity contribution in [2.75, 3.05) is 45.8 Å². The molecule has 1 aromatic carbocycles. The molecule has 0 bridgehead atoms. The molecule has 2 aromatic rings. The molecule has 1 heterocycles. The Bertz CT molecular complexity index is 1360. The van der Waals surface area contributed by atoms with Gasteiger partial charge in [-0.1, -0.05) is 32.6 Å². The number of halogens is 1. The van der Waals surface area contributed by atoms with Crippen LogP contribution in [0.4, 0.5) is 14.3 Å². The number of nitrogens with one attached hydrogen (secondary N) is 1. The number of ether oxygens (including phenoxy) is 3. The maximum atomic E-state index is 14.7. The third-order valence-corrected chi connectivity index (χ3v) is 13.0. The quantitative estimate of drug-likeness (QED) is 0.0879. The van der Waals surface area contributed by atoms with Crippen LogP contribution >= 0.6 is 11.3 Å². The maximum absolute atomic E-state index is 14.7. The monoisotopic (exact) mass is 677 g/mol. The molecule has 0 aliphatic carbocycles. The van der Waals surface area contributed by atoms with Crippen molar-refractivity contribution in [3.8, 4) is 17.6 Å². The lowest BCUT2D eigenvalue weighted by Crippen LogP contribution is -2.40. The van der Waals surface area contributed by atoms with Crippen LogP contribution in [-0.4, -0.2) is 76.3 Å². The van der Waals surface area contributed by atoms with Crippen LogP contribution in [0, 0.1) is 17.7 Å². The molecule has 1 N–H and O–H groups in total. The van der Waals surface area contributed by atoms with E-state index in [4.69, 9.17) is 18.6 Å². The van der Waals surface area contributed by atoms with Gasteiger partial charge in [-0.2, -0.15) is 0 Å². The lowest BCUT2D eigenvalue weighted by Gasteiger charge is -2.36. The summed E-state index contributed by atoms with van der Waals surface area (Å²) in [6.45, 7) is 18.6. The van der Waals surface area contributed by atoms with E-state index in [0.717, 1.165) is 37.3 Å². The van der Waals surface area contributed by atoms with Gasteiger partial charge >= 0.3 is 12.1 Å². The third-order valence-electron chi connectivity index (χ3n) is 7.43. The number of hydrogen-bond donors (Lipinski definition) is 1. The summed E-state index contributed by atoms with van der Waals surface area (Å²) in [6.07, 6.45) is 3.63. The summed E-state index contributed by atoms with van der Waals surface area (Å²) < 4.78 is 36.8. The Hall–Kier alpha value is -3.14. The average Bonchev–Trinajstić information content (AvgIpc) is 3.36. The summed E-state index contributed by atoms with van der Waals surface area (Å²) in [7, 11) is 1.22. The Morgan fingerprint density at radius 1 is 1.07 bits per heavy atom. The summed E-state index contributed by atoms with van der Waals surface area (Å²) in [5, 5.41) is 4.22. The van der Waals surface area contributed by atoms with Gasteiger partial charge in [0.1, 0.15) is 5.60 Å². The molecular formula is C34H52FN3O6SSi. The number of carbonyl (C=O) groups is 2. The Kier molecular flexibility index (Phi) is 15.0. The van der Waals surface area contributed by atoms with Gasteiger partial charge in [0.25, 0.3) is 0 Å². The van der Waals surface area contributed by atoms with E-state index in [1.807, 2.05) is 0 Å². The topological polar surface area (TPSA) is 99.2 Å². The lowest BCUT2D eigenvalue weighted by molar-refractivity contribution is 0.0320. The number of carbonyl (C=O) groups excluding carboxylic acids is 2. The predicted molar refractivity (Wildman–Crippen MR) is 185 cm³/mol. The molecule has 0 aliphatic heterocycles. The minimum absolute atomic E-state index is 0.117. The van der Waals surface area contributed by atoms with E-state index in [1.165, 1.54) is 35.5 Å². The summed E-state index contributed by atoms with van der Waals surface area (Å²) in [4.78, 5) is 31.0. The van der Waals surface area contributed by atoms with Crippen molar-refractivity contribution in [3.63, 3.8) is 0 Å². The molecule has 2 rings (SSSR count). The number of esters is 1. The first kappa shape index (κ1) is 39.0. The molecule has 0 aliphatic rings. The molecule has 0 unspecified atom stereocenters. The van der Waals surface area contributed by atoms with E-state index in [2.05, 4.69) is 56.0 Å². The Morgan fingerprint density at radius 3 is 2.41 bits per heavy atom. The smallest absolute Gasteiger partial charge is 0.410 e. The fourth-order valence-corrected chi connectivity index (χ4v) is 5.88. The standard InChI is InChI=1S/C34H52FN3O6SSi/c1-33(2,3)44-32(40)38(7)21-14-16-25-18-19-27(26(35)24-25)42-22-15-17-28-29(30(39)41-8)37-31(45-28)36-20-12-11-13-23-43-46(9,10)34(4,5)6/h18-19,24H,11-13,15,17,20-23H2,1-10H3,(H,36,37). The minimum Gasteiger partial charge on any atom is -0.491 e. The lowest BCUT2D eigenvalue weighted by atomic mass is 10.2. The predicted octanol–water partition coefficient (Wildman–Crippen LogP) is 7.90. The number of thiazole rings is 1. The number of nitrogens with zero attached hydrogens (tertiary/aromatic N) is 2. The number of aryl methyl sites for hydroxylation is 1. The molecule has 0 spiro atoms. The van der Waals surface area contributed by atoms with Crippen LogP contribution in [0.2, 0.25) is 18.1 Å². The zero-order valence-corrected chi connectivity index (χ0v) is 31.0. The second-order valence-electron chi connectivity index (χ2n) is 13.6. The van der Waals surface area contributed by atoms with Crippen LogP contribution in [0.1, 0.15) is 88.2 Å². The minimum atomic E-state index is -1.71. The molecule has 256 valence electrons. The van der Waals surface area contributed by atoms with Crippen LogP contribution in [0.3, 0.4) is 0 Å². The van der Waals surface area contributed by atoms with Crippen LogP contribution < -0.4 is 10.1 Å². The summed E-state index contributed by atoms with van der Waals surface area (Å²) >= 11 is 1.42. The molecule has 12 heteroatoms. The maximum Gasteiger partial charge on any atom is 0.410 e.